The second-order valence-corrected chi connectivity index (χ2v) is 17.0. The van der Waals surface area contributed by atoms with Gasteiger partial charge >= 0.3 is 0 Å². The van der Waals surface area contributed by atoms with Crippen molar-refractivity contribution in [2.45, 2.75) is 0 Å². The van der Waals surface area contributed by atoms with Crippen LogP contribution in [-0.2, 0) is 0 Å². The molecule has 8 aromatic heterocycles. The van der Waals surface area contributed by atoms with Crippen LogP contribution < -0.4 is 0 Å². The molecule has 0 aliphatic rings. The Kier molecular flexibility index (Phi) is 8.00. The van der Waals surface area contributed by atoms with E-state index in [2.05, 4.69) is 30.3 Å². The van der Waals surface area contributed by atoms with Crippen molar-refractivity contribution in [3.8, 4) is 44.8 Å². The summed E-state index contributed by atoms with van der Waals surface area (Å²) in [5.41, 5.74) is 20.0. The van der Waals surface area contributed by atoms with Gasteiger partial charge in [-0.05, 0) is 77.9 Å². The number of rotatable bonds is 4. The highest BCUT2D eigenvalue weighted by molar-refractivity contribution is 6.21. The Morgan fingerprint density at radius 3 is 0.771 bits per heavy atom. The molecule has 0 atom stereocenters. The lowest BCUT2D eigenvalue weighted by atomic mass is 9.99. The van der Waals surface area contributed by atoms with Crippen LogP contribution in [0.15, 0.2) is 171 Å². The van der Waals surface area contributed by atoms with Crippen molar-refractivity contribution >= 4 is 110 Å². The molecule has 70 heavy (non-hydrogen) atoms. The second-order valence-electron chi connectivity index (χ2n) is 17.0. The molecule has 0 N–H and O–H groups in total. The molecular formula is C56H28N14. The molecule has 0 aliphatic carbocycles. The highest BCUT2D eigenvalue weighted by atomic mass is 14.9. The molecule has 0 amide bonds. The number of aromatic nitrogens is 14. The van der Waals surface area contributed by atoms with Crippen LogP contribution >= 0.6 is 0 Å². The Morgan fingerprint density at radius 2 is 0.457 bits per heavy atom. The van der Waals surface area contributed by atoms with E-state index in [4.69, 9.17) is 69.8 Å². The van der Waals surface area contributed by atoms with Crippen LogP contribution in [0.2, 0.25) is 0 Å². The topological polar surface area (TPSA) is 180 Å². The zero-order valence-electron chi connectivity index (χ0n) is 36.4. The summed E-state index contributed by atoms with van der Waals surface area (Å²) in [6.07, 6.45) is 10.8. The van der Waals surface area contributed by atoms with Gasteiger partial charge in [-0.25, -0.2) is 59.8 Å². The van der Waals surface area contributed by atoms with Crippen molar-refractivity contribution in [3.05, 3.63) is 171 Å². The summed E-state index contributed by atoms with van der Waals surface area (Å²) in [6, 6.07) is 43.6. The molecule has 14 heteroatoms. The summed E-state index contributed by atoms with van der Waals surface area (Å²) in [5, 5.41) is 0. The fourth-order valence-corrected chi connectivity index (χ4v) is 9.41. The van der Waals surface area contributed by atoms with Crippen LogP contribution in [0.5, 0.6) is 0 Å². The molecule has 322 valence electrons. The molecule has 7 aromatic carbocycles. The summed E-state index contributed by atoms with van der Waals surface area (Å²) < 4.78 is 0. The molecule has 15 rings (SSSR count). The zero-order valence-corrected chi connectivity index (χ0v) is 36.4. The van der Waals surface area contributed by atoms with Crippen molar-refractivity contribution in [3.63, 3.8) is 0 Å². The van der Waals surface area contributed by atoms with Gasteiger partial charge in [-0.3, -0.25) is 9.97 Å². The maximum absolute atomic E-state index is 5.22. The molecule has 0 fully saturated rings. The van der Waals surface area contributed by atoms with E-state index in [-0.39, 0.29) is 0 Å². The second kappa shape index (κ2) is 14.7. The first kappa shape index (κ1) is 38.1. The van der Waals surface area contributed by atoms with Gasteiger partial charge < -0.3 is 0 Å². The van der Waals surface area contributed by atoms with Crippen molar-refractivity contribution < 1.29 is 0 Å². The Morgan fingerprint density at radius 1 is 0.200 bits per heavy atom. The Hall–Kier alpha value is -10.1. The van der Waals surface area contributed by atoms with E-state index in [9.17, 15) is 0 Å². The van der Waals surface area contributed by atoms with Crippen molar-refractivity contribution in [1.82, 2.24) is 69.8 Å². The molecule has 0 radical (unpaired) electrons. The van der Waals surface area contributed by atoms with E-state index >= 15 is 0 Å². The number of pyridine rings is 2. The van der Waals surface area contributed by atoms with Gasteiger partial charge in [-0.15, -0.1) is 0 Å². The number of benzene rings is 7. The quantitative estimate of drug-likeness (QED) is 0.120. The zero-order chi connectivity index (χ0) is 45.9. The summed E-state index contributed by atoms with van der Waals surface area (Å²) in [7, 11) is 0. The Labute approximate surface area is 394 Å². The SMILES string of the molecule is c1cc(-c2cncc(-c3cnc4c(n3)c3nc5ccccc5nc3c3nc5ccccc5nc43)c2)cc(-c2cncc(-c3cnc4c(n3)c3nc5ccccc5nc3c3nc5ccccc5nc43)c2)c1. The van der Waals surface area contributed by atoms with Crippen LogP contribution in [0.25, 0.3) is 155 Å². The van der Waals surface area contributed by atoms with Gasteiger partial charge in [-0.2, -0.15) is 0 Å². The minimum absolute atomic E-state index is 0.587. The van der Waals surface area contributed by atoms with Gasteiger partial charge in [0.05, 0.1) is 67.9 Å². The number of fused-ring (bicyclic) bond motifs is 16. The fourth-order valence-electron chi connectivity index (χ4n) is 9.41. The van der Waals surface area contributed by atoms with E-state index in [1.807, 2.05) is 116 Å². The van der Waals surface area contributed by atoms with E-state index in [1.165, 1.54) is 0 Å². The highest BCUT2D eigenvalue weighted by Gasteiger charge is 2.21. The molecule has 14 nitrogen and oxygen atoms in total. The summed E-state index contributed by atoms with van der Waals surface area (Å²) in [4.78, 5) is 70.2. The smallest absolute Gasteiger partial charge is 0.120 e. The van der Waals surface area contributed by atoms with Gasteiger partial charge in [0.1, 0.15) is 66.2 Å². The van der Waals surface area contributed by atoms with E-state index < -0.39 is 0 Å². The summed E-state index contributed by atoms with van der Waals surface area (Å²) >= 11 is 0. The molecular weight excluding hydrogens is 869 g/mol. The standard InChI is InChI=1S/C56H28N14/c1-3-14-37-35(12-1)61-47-45-49(53-55(51(47)63-37)67-41-18-7-5-16-39(41)65-53)69-43(27-59-45)33-21-31(23-57-25-33)29-10-9-11-30(20-29)32-22-34(26-58-24-32)44-28-60-46-48-52(64-38-15-4-2-13-36(38)62-48)56-54(50(46)70-44)66-40-17-6-8-19-42(40)68-56/h1-28H. The van der Waals surface area contributed by atoms with E-state index in [1.54, 1.807) is 24.8 Å². The van der Waals surface area contributed by atoms with Gasteiger partial charge in [0.2, 0.25) is 0 Å². The third kappa shape index (κ3) is 5.93. The molecule has 0 spiro atoms. The maximum atomic E-state index is 5.22. The summed E-state index contributed by atoms with van der Waals surface area (Å²) in [6.45, 7) is 0. The maximum Gasteiger partial charge on any atom is 0.120 e. The Balaban J connectivity index is 0.822. The van der Waals surface area contributed by atoms with Crippen LogP contribution in [0.1, 0.15) is 0 Å². The summed E-state index contributed by atoms with van der Waals surface area (Å²) in [5.74, 6) is 0. The third-order valence-electron chi connectivity index (χ3n) is 12.8. The number of para-hydroxylation sites is 8. The first-order chi connectivity index (χ1) is 34.6. The molecule has 8 heterocycles. The van der Waals surface area contributed by atoms with Crippen molar-refractivity contribution in [2.75, 3.05) is 0 Å². The van der Waals surface area contributed by atoms with Crippen LogP contribution in [0.3, 0.4) is 0 Å². The molecule has 0 aliphatic heterocycles. The number of nitrogens with zero attached hydrogens (tertiary/aromatic N) is 14. The monoisotopic (exact) mass is 896 g/mol. The van der Waals surface area contributed by atoms with Gasteiger partial charge in [0, 0.05) is 47.0 Å². The predicted molar refractivity (Wildman–Crippen MR) is 272 cm³/mol. The van der Waals surface area contributed by atoms with Gasteiger partial charge in [0.25, 0.3) is 0 Å². The number of hydrogen-bond donors (Lipinski definition) is 0. The minimum Gasteiger partial charge on any atom is -0.263 e. The van der Waals surface area contributed by atoms with Crippen LogP contribution in [0.4, 0.5) is 0 Å². The Bertz CT molecular complexity index is 4460. The van der Waals surface area contributed by atoms with Gasteiger partial charge in [0.15, 0.2) is 0 Å². The largest absolute Gasteiger partial charge is 0.263 e. The van der Waals surface area contributed by atoms with Crippen LogP contribution in [0, 0.1) is 0 Å². The fraction of sp³-hybridized carbons (Fsp3) is 0. The molecule has 0 saturated carbocycles. The molecule has 0 bridgehead atoms. The first-order valence-electron chi connectivity index (χ1n) is 22.5. The van der Waals surface area contributed by atoms with Gasteiger partial charge in [-0.1, -0.05) is 66.7 Å². The molecule has 15 aromatic rings. The van der Waals surface area contributed by atoms with Crippen molar-refractivity contribution in [2.24, 2.45) is 0 Å². The predicted octanol–water partition coefficient (Wildman–Crippen LogP) is 11.4. The minimum atomic E-state index is 0.587. The normalized spacial score (nSPS) is 12.0. The number of hydrogen-bond acceptors (Lipinski definition) is 14. The van der Waals surface area contributed by atoms with E-state index in [0.717, 1.165) is 77.5 Å². The lowest BCUT2D eigenvalue weighted by Gasteiger charge is -2.11. The lowest BCUT2D eigenvalue weighted by Crippen LogP contribution is -1.99. The third-order valence-corrected chi connectivity index (χ3v) is 12.8. The van der Waals surface area contributed by atoms with E-state index in [0.29, 0.717) is 77.6 Å². The van der Waals surface area contributed by atoms with Crippen molar-refractivity contribution in [1.29, 1.82) is 0 Å². The highest BCUT2D eigenvalue weighted by Crippen LogP contribution is 2.36. The molecule has 0 unspecified atom stereocenters. The average Bonchev–Trinajstić information content (AvgIpc) is 3.43. The average molecular weight is 897 g/mol. The first-order valence-corrected chi connectivity index (χ1v) is 22.5. The molecule has 0 saturated heterocycles. The lowest BCUT2D eigenvalue weighted by molar-refractivity contribution is 1.26. The van der Waals surface area contributed by atoms with Crippen LogP contribution in [-0.4, -0.2) is 69.8 Å².